The Morgan fingerprint density at radius 1 is 1.47 bits per heavy atom. The molecule has 0 aromatic carbocycles. The molecule has 1 N–H and O–H groups in total. The first-order valence-electron chi connectivity index (χ1n) is 5.92. The van der Waals surface area contributed by atoms with Crippen molar-refractivity contribution >= 4 is 11.5 Å². The Balaban J connectivity index is 2.01. The predicted octanol–water partition coefficient (Wildman–Crippen LogP) is 0.475. The van der Waals surface area contributed by atoms with Crippen LogP contribution in [0.4, 0.5) is 5.82 Å². The Bertz CT molecular complexity index is 507. The minimum atomic E-state index is 0.132. The monoisotopic (exact) mass is 233 g/mol. The van der Waals surface area contributed by atoms with Gasteiger partial charge in [0.25, 0.3) is 0 Å². The number of aromatic nitrogens is 4. The number of aliphatic hydroxyl groups excluding tert-OH is 1. The zero-order chi connectivity index (χ0) is 11.7. The van der Waals surface area contributed by atoms with Crippen molar-refractivity contribution in [2.24, 2.45) is 0 Å². The molecule has 2 heterocycles. The second-order valence-corrected chi connectivity index (χ2v) is 4.31. The minimum absolute atomic E-state index is 0.132. The van der Waals surface area contributed by atoms with E-state index in [1.165, 1.54) is 6.42 Å². The Labute approximate surface area is 98.9 Å². The molecule has 0 spiro atoms. The van der Waals surface area contributed by atoms with Crippen molar-refractivity contribution in [3.63, 3.8) is 0 Å². The normalized spacial score (nSPS) is 16.1. The molecule has 3 rings (SSSR count). The highest BCUT2D eigenvalue weighted by Crippen LogP contribution is 2.29. The summed E-state index contributed by atoms with van der Waals surface area (Å²) in [4.78, 5) is 6.54. The highest BCUT2D eigenvalue weighted by Gasteiger charge is 2.27. The lowest BCUT2D eigenvalue weighted by Crippen LogP contribution is -2.42. The zero-order valence-corrected chi connectivity index (χ0v) is 9.53. The van der Waals surface area contributed by atoms with Crippen LogP contribution >= 0.6 is 0 Å². The molecule has 1 fully saturated rings. The number of rotatable bonds is 4. The van der Waals surface area contributed by atoms with Crippen LogP contribution in [0.2, 0.25) is 0 Å². The Hall–Kier alpha value is -1.69. The standard InChI is InChI=1S/C11H15N5O/c17-7-6-16(9-2-1-3-9)10-11-14-13-8-15(11)5-4-12-10/h4-5,8-9,17H,1-3,6-7H2. The fourth-order valence-corrected chi connectivity index (χ4v) is 2.22. The number of fused-ring (bicyclic) bond motifs is 1. The van der Waals surface area contributed by atoms with Crippen LogP contribution in [-0.2, 0) is 0 Å². The molecule has 0 amide bonds. The van der Waals surface area contributed by atoms with E-state index in [1.54, 1.807) is 12.5 Å². The molecular weight excluding hydrogens is 218 g/mol. The second-order valence-electron chi connectivity index (χ2n) is 4.31. The molecule has 2 aromatic rings. The van der Waals surface area contributed by atoms with Gasteiger partial charge in [-0.3, -0.25) is 4.40 Å². The van der Waals surface area contributed by atoms with Gasteiger partial charge in [0.2, 0.25) is 5.65 Å². The molecule has 6 nitrogen and oxygen atoms in total. The molecule has 0 aliphatic heterocycles. The first-order valence-corrected chi connectivity index (χ1v) is 5.92. The van der Waals surface area contributed by atoms with Crippen molar-refractivity contribution in [1.29, 1.82) is 0 Å². The maximum Gasteiger partial charge on any atom is 0.203 e. The van der Waals surface area contributed by atoms with Crippen molar-refractivity contribution in [3.05, 3.63) is 18.7 Å². The number of hydrogen-bond acceptors (Lipinski definition) is 5. The largest absolute Gasteiger partial charge is 0.395 e. The third kappa shape index (κ3) is 1.74. The molecule has 0 atom stereocenters. The van der Waals surface area contributed by atoms with Crippen LogP contribution in [0.3, 0.4) is 0 Å². The van der Waals surface area contributed by atoms with E-state index in [4.69, 9.17) is 0 Å². The van der Waals surface area contributed by atoms with E-state index < -0.39 is 0 Å². The van der Waals surface area contributed by atoms with Gasteiger partial charge in [0.05, 0.1) is 6.61 Å². The maximum absolute atomic E-state index is 9.18. The van der Waals surface area contributed by atoms with Crippen molar-refractivity contribution in [3.8, 4) is 0 Å². The molecule has 0 unspecified atom stereocenters. The van der Waals surface area contributed by atoms with Crippen molar-refractivity contribution in [2.75, 3.05) is 18.1 Å². The quantitative estimate of drug-likeness (QED) is 0.831. The van der Waals surface area contributed by atoms with E-state index >= 15 is 0 Å². The lowest BCUT2D eigenvalue weighted by molar-refractivity contribution is 0.283. The molecule has 6 heteroatoms. The molecule has 90 valence electrons. The Morgan fingerprint density at radius 2 is 2.35 bits per heavy atom. The average Bonchev–Trinajstić information content (AvgIpc) is 2.73. The van der Waals surface area contributed by atoms with Gasteiger partial charge in [-0.05, 0) is 19.3 Å². The van der Waals surface area contributed by atoms with Crippen LogP contribution < -0.4 is 4.90 Å². The van der Waals surface area contributed by atoms with E-state index in [-0.39, 0.29) is 6.61 Å². The van der Waals surface area contributed by atoms with Crippen LogP contribution in [0.5, 0.6) is 0 Å². The first-order chi connectivity index (χ1) is 8.40. The van der Waals surface area contributed by atoms with E-state index in [9.17, 15) is 5.11 Å². The summed E-state index contributed by atoms with van der Waals surface area (Å²) < 4.78 is 1.85. The number of aliphatic hydroxyl groups is 1. The summed E-state index contributed by atoms with van der Waals surface area (Å²) in [6, 6.07) is 0.484. The minimum Gasteiger partial charge on any atom is -0.395 e. The van der Waals surface area contributed by atoms with Crippen LogP contribution in [-0.4, -0.2) is 43.9 Å². The number of anilines is 1. The fraction of sp³-hybridized carbons (Fsp3) is 0.545. The smallest absolute Gasteiger partial charge is 0.203 e. The molecular formula is C11H15N5O. The van der Waals surface area contributed by atoms with Gasteiger partial charge in [-0.1, -0.05) is 0 Å². The predicted molar refractivity (Wildman–Crippen MR) is 62.9 cm³/mol. The highest BCUT2D eigenvalue weighted by atomic mass is 16.3. The topological polar surface area (TPSA) is 66.5 Å². The van der Waals surface area contributed by atoms with Crippen LogP contribution in [0.1, 0.15) is 19.3 Å². The summed E-state index contributed by atoms with van der Waals surface area (Å²) in [5.74, 6) is 0.823. The molecule has 0 radical (unpaired) electrons. The maximum atomic E-state index is 9.18. The lowest BCUT2D eigenvalue weighted by Gasteiger charge is -2.37. The summed E-state index contributed by atoms with van der Waals surface area (Å²) in [7, 11) is 0. The van der Waals surface area contributed by atoms with E-state index in [0.29, 0.717) is 12.6 Å². The molecule has 1 aliphatic rings. The van der Waals surface area contributed by atoms with Gasteiger partial charge in [0.1, 0.15) is 6.33 Å². The number of nitrogens with zero attached hydrogens (tertiary/aromatic N) is 5. The molecule has 17 heavy (non-hydrogen) atoms. The number of hydrogen-bond donors (Lipinski definition) is 1. The highest BCUT2D eigenvalue weighted by molar-refractivity contribution is 5.63. The third-order valence-electron chi connectivity index (χ3n) is 3.33. The van der Waals surface area contributed by atoms with Crippen molar-refractivity contribution in [1.82, 2.24) is 19.6 Å². The Morgan fingerprint density at radius 3 is 3.06 bits per heavy atom. The van der Waals surface area contributed by atoms with Gasteiger partial charge in [-0.25, -0.2) is 4.98 Å². The van der Waals surface area contributed by atoms with Gasteiger partial charge in [-0.2, -0.15) is 0 Å². The Kier molecular flexibility index (Phi) is 2.64. The summed E-state index contributed by atoms with van der Waals surface area (Å²) in [5, 5.41) is 17.2. The second kappa shape index (κ2) is 4.29. The fourth-order valence-electron chi connectivity index (χ4n) is 2.22. The van der Waals surface area contributed by atoms with E-state index in [1.807, 2.05) is 10.6 Å². The molecule has 2 aromatic heterocycles. The van der Waals surface area contributed by atoms with Gasteiger partial charge in [0, 0.05) is 25.0 Å². The summed E-state index contributed by atoms with van der Waals surface area (Å²) >= 11 is 0. The van der Waals surface area contributed by atoms with Gasteiger partial charge in [0.15, 0.2) is 5.82 Å². The molecule has 0 bridgehead atoms. The molecule has 0 saturated heterocycles. The summed E-state index contributed by atoms with van der Waals surface area (Å²) in [6.45, 7) is 0.734. The summed E-state index contributed by atoms with van der Waals surface area (Å²) in [5.41, 5.74) is 0.757. The van der Waals surface area contributed by atoms with Gasteiger partial charge >= 0.3 is 0 Å². The van der Waals surface area contributed by atoms with E-state index in [2.05, 4.69) is 20.1 Å². The van der Waals surface area contributed by atoms with Crippen molar-refractivity contribution in [2.45, 2.75) is 25.3 Å². The zero-order valence-electron chi connectivity index (χ0n) is 9.53. The molecule has 1 aliphatic carbocycles. The molecule has 1 saturated carbocycles. The first kappa shape index (κ1) is 10.5. The van der Waals surface area contributed by atoms with E-state index in [0.717, 1.165) is 24.3 Å². The van der Waals surface area contributed by atoms with Gasteiger partial charge < -0.3 is 10.0 Å². The van der Waals surface area contributed by atoms with Crippen LogP contribution in [0.15, 0.2) is 18.7 Å². The van der Waals surface area contributed by atoms with Crippen LogP contribution in [0.25, 0.3) is 5.65 Å². The van der Waals surface area contributed by atoms with Gasteiger partial charge in [-0.15, -0.1) is 10.2 Å². The lowest BCUT2D eigenvalue weighted by atomic mass is 9.91. The van der Waals surface area contributed by atoms with Crippen LogP contribution in [0, 0.1) is 0 Å². The SMILES string of the molecule is OCCN(c1nccn2cnnc12)C1CCC1. The van der Waals surface area contributed by atoms with Crippen molar-refractivity contribution < 1.29 is 5.11 Å². The average molecular weight is 233 g/mol. The summed E-state index contributed by atoms with van der Waals surface area (Å²) in [6.07, 6.45) is 8.82. The third-order valence-corrected chi connectivity index (χ3v) is 3.33.